The Kier molecular flexibility index (Phi) is 1.48. The third-order valence-corrected chi connectivity index (χ3v) is 3.06. The van der Waals surface area contributed by atoms with E-state index in [0.717, 1.165) is 11.8 Å². The van der Waals surface area contributed by atoms with Gasteiger partial charge in [-0.3, -0.25) is 0 Å². The third kappa shape index (κ3) is 0.997. The van der Waals surface area contributed by atoms with Crippen molar-refractivity contribution in [3.63, 3.8) is 0 Å². The first-order valence-electron chi connectivity index (χ1n) is 4.28. The molecule has 1 radical (unpaired) electrons. The van der Waals surface area contributed by atoms with Gasteiger partial charge in [0, 0.05) is 0 Å². The minimum absolute atomic E-state index is 1.14. The monoisotopic (exact) mass is 123 g/mol. The van der Waals surface area contributed by atoms with Gasteiger partial charge in [0.1, 0.15) is 0 Å². The van der Waals surface area contributed by atoms with Crippen LogP contribution in [-0.2, 0) is 0 Å². The summed E-state index contributed by atoms with van der Waals surface area (Å²) in [5.41, 5.74) is 0. The molecule has 2 aliphatic rings. The van der Waals surface area contributed by atoms with Crippen molar-refractivity contribution in [2.75, 3.05) is 0 Å². The van der Waals surface area contributed by atoms with Crippen LogP contribution in [0.2, 0.25) is 0 Å². The second kappa shape index (κ2) is 2.32. The van der Waals surface area contributed by atoms with Gasteiger partial charge in [0.05, 0.1) is 0 Å². The maximum absolute atomic E-state index is 2.48. The smallest absolute Gasteiger partial charge is 0.0386 e. The van der Waals surface area contributed by atoms with Crippen molar-refractivity contribution < 1.29 is 0 Å². The topological polar surface area (TPSA) is 0 Å². The van der Waals surface area contributed by atoms with Gasteiger partial charge < -0.3 is 0 Å². The van der Waals surface area contributed by atoms with Crippen LogP contribution >= 0.6 is 0 Å². The van der Waals surface area contributed by atoms with Crippen LogP contribution in [-0.4, -0.2) is 0 Å². The van der Waals surface area contributed by atoms with E-state index in [1.165, 1.54) is 25.7 Å². The van der Waals surface area contributed by atoms with E-state index in [4.69, 9.17) is 0 Å². The highest BCUT2D eigenvalue weighted by Gasteiger charge is 2.30. The van der Waals surface area contributed by atoms with Crippen molar-refractivity contribution >= 4 is 0 Å². The quantitative estimate of drug-likeness (QED) is 0.464. The van der Waals surface area contributed by atoms with Crippen LogP contribution in [0.3, 0.4) is 0 Å². The number of hydrogen-bond donors (Lipinski definition) is 0. The average Bonchev–Trinajstić information content (AvgIpc) is 1.94. The molecule has 0 saturated heterocycles. The lowest BCUT2D eigenvalue weighted by molar-refractivity contribution is 0.165. The molecule has 0 amide bonds. The molecule has 0 aromatic heterocycles. The number of rotatable bonds is 0. The minimum atomic E-state index is 1.14. The van der Waals surface area contributed by atoms with Crippen molar-refractivity contribution in [2.24, 2.45) is 11.8 Å². The fourth-order valence-electron chi connectivity index (χ4n) is 2.21. The standard InChI is InChI=1S/C9H15/c1-2-4-8-6-7-9(8)5-3-1/h1,8-9H,2-7H2. The fourth-order valence-corrected chi connectivity index (χ4v) is 2.21. The average molecular weight is 123 g/mol. The van der Waals surface area contributed by atoms with Crippen LogP contribution in [0.1, 0.15) is 38.5 Å². The Morgan fingerprint density at radius 2 is 1.33 bits per heavy atom. The molecular formula is C9H15. The molecule has 0 N–H and O–H groups in total. The van der Waals surface area contributed by atoms with E-state index in [0.29, 0.717) is 0 Å². The first-order valence-corrected chi connectivity index (χ1v) is 4.28. The van der Waals surface area contributed by atoms with Gasteiger partial charge in [0.25, 0.3) is 0 Å². The summed E-state index contributed by atoms with van der Waals surface area (Å²) in [6, 6.07) is 0. The Hall–Kier alpha value is 0. The summed E-state index contributed by atoms with van der Waals surface area (Å²) in [7, 11) is 0. The van der Waals surface area contributed by atoms with E-state index in [2.05, 4.69) is 6.42 Å². The van der Waals surface area contributed by atoms with Crippen molar-refractivity contribution in [3.05, 3.63) is 6.42 Å². The van der Waals surface area contributed by atoms with E-state index in [9.17, 15) is 0 Å². The SMILES string of the molecule is [CH]1CCC2CCC2CC1. The van der Waals surface area contributed by atoms with Crippen LogP contribution in [0.4, 0.5) is 0 Å². The van der Waals surface area contributed by atoms with Crippen molar-refractivity contribution in [3.8, 4) is 0 Å². The molecule has 2 saturated carbocycles. The zero-order chi connectivity index (χ0) is 6.10. The minimum Gasteiger partial charge on any atom is -0.0499 e. The maximum Gasteiger partial charge on any atom is -0.0386 e. The predicted octanol–water partition coefficient (Wildman–Crippen LogP) is 2.79. The van der Waals surface area contributed by atoms with Gasteiger partial charge in [0.15, 0.2) is 0 Å². The van der Waals surface area contributed by atoms with Crippen LogP contribution in [0.5, 0.6) is 0 Å². The lowest BCUT2D eigenvalue weighted by atomic mass is 9.71. The lowest BCUT2D eigenvalue weighted by Gasteiger charge is -2.35. The van der Waals surface area contributed by atoms with Gasteiger partial charge in [-0.1, -0.05) is 0 Å². The molecule has 0 aliphatic heterocycles. The zero-order valence-corrected chi connectivity index (χ0v) is 5.97. The van der Waals surface area contributed by atoms with Gasteiger partial charge in [0.2, 0.25) is 0 Å². The van der Waals surface area contributed by atoms with Crippen LogP contribution < -0.4 is 0 Å². The lowest BCUT2D eigenvalue weighted by Crippen LogP contribution is -2.23. The van der Waals surface area contributed by atoms with Gasteiger partial charge in [-0.2, -0.15) is 0 Å². The fraction of sp³-hybridized carbons (Fsp3) is 0.889. The van der Waals surface area contributed by atoms with Crippen molar-refractivity contribution in [1.29, 1.82) is 0 Å². The third-order valence-electron chi connectivity index (χ3n) is 3.06. The molecule has 0 heterocycles. The van der Waals surface area contributed by atoms with Crippen LogP contribution in [0, 0.1) is 18.3 Å². The maximum atomic E-state index is 2.48. The molecule has 2 rings (SSSR count). The molecule has 2 fully saturated rings. The second-order valence-electron chi connectivity index (χ2n) is 3.54. The molecule has 2 atom stereocenters. The molecule has 0 aromatic carbocycles. The Morgan fingerprint density at radius 3 is 1.78 bits per heavy atom. The Bertz CT molecular complexity index is 84.2. The van der Waals surface area contributed by atoms with E-state index in [1.54, 1.807) is 12.8 Å². The predicted molar refractivity (Wildman–Crippen MR) is 39.0 cm³/mol. The summed E-state index contributed by atoms with van der Waals surface area (Å²) in [6.45, 7) is 0. The largest absolute Gasteiger partial charge is 0.0499 e. The highest BCUT2D eigenvalue weighted by atomic mass is 14.4. The molecule has 2 unspecified atom stereocenters. The highest BCUT2D eigenvalue weighted by molar-refractivity contribution is 4.86. The van der Waals surface area contributed by atoms with Gasteiger partial charge in [-0.05, 0) is 56.8 Å². The molecule has 2 aliphatic carbocycles. The molecule has 0 nitrogen and oxygen atoms in total. The van der Waals surface area contributed by atoms with E-state index in [-0.39, 0.29) is 0 Å². The van der Waals surface area contributed by atoms with Gasteiger partial charge in [-0.15, -0.1) is 0 Å². The second-order valence-corrected chi connectivity index (χ2v) is 3.54. The Morgan fingerprint density at radius 1 is 0.778 bits per heavy atom. The summed E-state index contributed by atoms with van der Waals surface area (Å²) < 4.78 is 0. The summed E-state index contributed by atoms with van der Waals surface area (Å²) in [6.07, 6.45) is 11.4. The molecular weight excluding hydrogens is 108 g/mol. The van der Waals surface area contributed by atoms with E-state index >= 15 is 0 Å². The van der Waals surface area contributed by atoms with Crippen molar-refractivity contribution in [2.45, 2.75) is 38.5 Å². The highest BCUT2D eigenvalue weighted by Crippen LogP contribution is 2.42. The number of fused-ring (bicyclic) bond motifs is 1. The molecule has 0 bridgehead atoms. The molecule has 0 spiro atoms. The van der Waals surface area contributed by atoms with Crippen LogP contribution in [0.15, 0.2) is 0 Å². The first-order chi connectivity index (χ1) is 4.47. The molecule has 0 aromatic rings. The molecule has 51 valence electrons. The number of hydrogen-bond acceptors (Lipinski definition) is 0. The Balaban J connectivity index is 1.90. The summed E-state index contributed by atoms with van der Waals surface area (Å²) in [4.78, 5) is 0. The summed E-state index contributed by atoms with van der Waals surface area (Å²) >= 11 is 0. The van der Waals surface area contributed by atoms with Gasteiger partial charge >= 0.3 is 0 Å². The zero-order valence-electron chi connectivity index (χ0n) is 5.97. The summed E-state index contributed by atoms with van der Waals surface area (Å²) in [5.74, 6) is 2.28. The van der Waals surface area contributed by atoms with E-state index in [1.807, 2.05) is 0 Å². The normalized spacial score (nSPS) is 42.7. The van der Waals surface area contributed by atoms with Gasteiger partial charge in [-0.25, -0.2) is 0 Å². The van der Waals surface area contributed by atoms with E-state index < -0.39 is 0 Å². The van der Waals surface area contributed by atoms with Crippen LogP contribution in [0.25, 0.3) is 0 Å². The van der Waals surface area contributed by atoms with Crippen molar-refractivity contribution in [1.82, 2.24) is 0 Å². The Labute approximate surface area is 57.6 Å². The molecule has 9 heavy (non-hydrogen) atoms. The summed E-state index contributed by atoms with van der Waals surface area (Å²) in [5, 5.41) is 0. The first kappa shape index (κ1) is 5.76. The molecule has 0 heteroatoms.